The van der Waals surface area contributed by atoms with Gasteiger partial charge in [-0.1, -0.05) is 36.4 Å². The van der Waals surface area contributed by atoms with E-state index < -0.39 is 6.10 Å². The van der Waals surface area contributed by atoms with Crippen molar-refractivity contribution in [1.82, 2.24) is 9.55 Å². The maximum atomic E-state index is 9.90. The van der Waals surface area contributed by atoms with Crippen LogP contribution >= 0.6 is 0 Å². The van der Waals surface area contributed by atoms with E-state index in [0.717, 1.165) is 48.6 Å². The molecule has 3 aromatic carbocycles. The molecule has 0 radical (unpaired) electrons. The van der Waals surface area contributed by atoms with Gasteiger partial charge in [-0.2, -0.15) is 0 Å². The Kier molecular flexibility index (Phi) is 5.22. The number of ether oxygens (including phenoxy) is 1. The number of nitrogens with zero attached hydrogens (tertiary/aromatic N) is 3. The van der Waals surface area contributed by atoms with Gasteiger partial charge in [0.15, 0.2) is 0 Å². The fourth-order valence-electron chi connectivity index (χ4n) is 4.44. The van der Waals surface area contributed by atoms with Crippen LogP contribution in [0.25, 0.3) is 27.8 Å². The second-order valence-electron chi connectivity index (χ2n) is 8.10. The molecule has 0 amide bonds. The van der Waals surface area contributed by atoms with E-state index in [-0.39, 0.29) is 0 Å². The Morgan fingerprint density at radius 1 is 0.935 bits per heavy atom. The highest BCUT2D eigenvalue weighted by Crippen LogP contribution is 2.36. The standard InChI is InChI=1S/C26H27N3O2/c1-18-21(22-6-3-4-8-25(22)28-12-14-31-15-13-28)7-5-9-24(18)29-17-27-23-16-20(19(2)30)10-11-26(23)29/h3-11,16-17,19,30H,12-15H2,1-2H3/t19-/m0/s1. The largest absolute Gasteiger partial charge is 0.389 e. The van der Waals surface area contributed by atoms with Gasteiger partial charge in [0.25, 0.3) is 0 Å². The van der Waals surface area contributed by atoms with Gasteiger partial charge in [0.1, 0.15) is 6.33 Å². The van der Waals surface area contributed by atoms with Crippen molar-refractivity contribution in [2.24, 2.45) is 0 Å². The molecule has 0 bridgehead atoms. The fraction of sp³-hybridized carbons (Fsp3) is 0.269. The van der Waals surface area contributed by atoms with Crippen LogP contribution in [-0.4, -0.2) is 41.0 Å². The summed E-state index contributed by atoms with van der Waals surface area (Å²) >= 11 is 0. The van der Waals surface area contributed by atoms with E-state index in [2.05, 4.69) is 63.8 Å². The van der Waals surface area contributed by atoms with Crippen LogP contribution in [0, 0.1) is 6.92 Å². The normalized spacial score (nSPS) is 15.4. The molecule has 5 heteroatoms. The Hall–Kier alpha value is -3.15. The molecule has 1 aromatic heterocycles. The second kappa shape index (κ2) is 8.17. The molecular weight excluding hydrogens is 386 g/mol. The molecule has 2 heterocycles. The summed E-state index contributed by atoms with van der Waals surface area (Å²) in [7, 11) is 0. The average Bonchev–Trinajstić information content (AvgIpc) is 3.23. The van der Waals surface area contributed by atoms with E-state index in [4.69, 9.17) is 4.74 Å². The zero-order valence-electron chi connectivity index (χ0n) is 18.0. The van der Waals surface area contributed by atoms with Crippen LogP contribution in [0.1, 0.15) is 24.2 Å². The molecule has 1 N–H and O–H groups in total. The van der Waals surface area contributed by atoms with E-state index in [9.17, 15) is 5.11 Å². The molecule has 4 aromatic rings. The Labute approximate surface area is 182 Å². The number of hydrogen-bond acceptors (Lipinski definition) is 4. The predicted molar refractivity (Wildman–Crippen MR) is 125 cm³/mol. The van der Waals surface area contributed by atoms with E-state index >= 15 is 0 Å². The van der Waals surface area contributed by atoms with Gasteiger partial charge in [0.05, 0.1) is 36.0 Å². The lowest BCUT2D eigenvalue weighted by molar-refractivity contribution is 0.123. The van der Waals surface area contributed by atoms with Crippen molar-refractivity contribution in [2.45, 2.75) is 20.0 Å². The number of para-hydroxylation sites is 1. The quantitative estimate of drug-likeness (QED) is 0.518. The minimum atomic E-state index is -0.503. The predicted octanol–water partition coefficient (Wildman–Crippen LogP) is 4.89. The van der Waals surface area contributed by atoms with Gasteiger partial charge < -0.3 is 14.7 Å². The summed E-state index contributed by atoms with van der Waals surface area (Å²) in [5, 5.41) is 9.90. The van der Waals surface area contributed by atoms with Gasteiger partial charge >= 0.3 is 0 Å². The molecular formula is C26H27N3O2. The summed E-state index contributed by atoms with van der Waals surface area (Å²) in [6.07, 6.45) is 1.37. The highest BCUT2D eigenvalue weighted by molar-refractivity contribution is 5.84. The molecule has 0 aliphatic carbocycles. The average molecular weight is 414 g/mol. The smallest absolute Gasteiger partial charge is 0.100 e. The molecule has 158 valence electrons. The lowest BCUT2D eigenvalue weighted by atomic mass is 9.96. The molecule has 0 spiro atoms. The van der Waals surface area contributed by atoms with E-state index in [1.807, 2.05) is 24.5 Å². The van der Waals surface area contributed by atoms with Crippen LogP contribution in [0.5, 0.6) is 0 Å². The molecule has 31 heavy (non-hydrogen) atoms. The lowest BCUT2D eigenvalue weighted by Gasteiger charge is -2.31. The summed E-state index contributed by atoms with van der Waals surface area (Å²) in [6.45, 7) is 7.31. The van der Waals surface area contributed by atoms with Crippen LogP contribution in [0.15, 0.2) is 67.0 Å². The number of fused-ring (bicyclic) bond motifs is 1. The van der Waals surface area contributed by atoms with Crippen molar-refractivity contribution in [3.8, 4) is 16.8 Å². The molecule has 5 rings (SSSR count). The monoisotopic (exact) mass is 413 g/mol. The van der Waals surface area contributed by atoms with E-state index in [1.165, 1.54) is 22.4 Å². The first-order valence-electron chi connectivity index (χ1n) is 10.8. The first-order valence-corrected chi connectivity index (χ1v) is 10.8. The summed E-state index contributed by atoms with van der Waals surface area (Å²) in [5.41, 5.74) is 8.84. The number of hydrogen-bond donors (Lipinski definition) is 1. The Morgan fingerprint density at radius 3 is 2.48 bits per heavy atom. The highest BCUT2D eigenvalue weighted by atomic mass is 16.5. The van der Waals surface area contributed by atoms with Crippen LogP contribution in [0.3, 0.4) is 0 Å². The third-order valence-electron chi connectivity index (χ3n) is 6.16. The van der Waals surface area contributed by atoms with Crippen molar-refractivity contribution >= 4 is 16.7 Å². The number of rotatable bonds is 4. The summed E-state index contributed by atoms with van der Waals surface area (Å²) in [5.74, 6) is 0. The first-order chi connectivity index (χ1) is 15.1. The molecule has 1 aliphatic rings. The number of benzene rings is 3. The fourth-order valence-corrected chi connectivity index (χ4v) is 4.44. The van der Waals surface area contributed by atoms with Crippen LogP contribution in [-0.2, 0) is 4.74 Å². The SMILES string of the molecule is Cc1c(-c2ccccc2N2CCOCC2)cccc1-n1cnc2cc([C@H](C)O)ccc21. The van der Waals surface area contributed by atoms with Gasteiger partial charge in [-0.05, 0) is 54.8 Å². The van der Waals surface area contributed by atoms with Gasteiger partial charge in [0, 0.05) is 24.3 Å². The minimum Gasteiger partial charge on any atom is -0.389 e. The van der Waals surface area contributed by atoms with Crippen LogP contribution in [0.4, 0.5) is 5.69 Å². The number of morpholine rings is 1. The third-order valence-corrected chi connectivity index (χ3v) is 6.16. The number of aromatic nitrogens is 2. The zero-order valence-corrected chi connectivity index (χ0v) is 18.0. The van der Waals surface area contributed by atoms with E-state index in [0.29, 0.717) is 0 Å². The third kappa shape index (κ3) is 3.60. The van der Waals surface area contributed by atoms with Crippen molar-refractivity contribution in [2.75, 3.05) is 31.2 Å². The maximum absolute atomic E-state index is 9.90. The van der Waals surface area contributed by atoms with Gasteiger partial charge in [0.2, 0.25) is 0 Å². The first kappa shape index (κ1) is 19.8. The van der Waals surface area contributed by atoms with Gasteiger partial charge in [-0.25, -0.2) is 4.98 Å². The molecule has 0 saturated carbocycles. The maximum Gasteiger partial charge on any atom is 0.100 e. The summed E-state index contributed by atoms with van der Waals surface area (Å²) in [6, 6.07) is 21.0. The molecule has 1 aliphatic heterocycles. The molecule has 0 unspecified atom stereocenters. The topological polar surface area (TPSA) is 50.5 Å². The summed E-state index contributed by atoms with van der Waals surface area (Å²) in [4.78, 5) is 7.01. The number of imidazole rings is 1. The van der Waals surface area contributed by atoms with Crippen molar-refractivity contribution in [3.05, 3.63) is 78.1 Å². The van der Waals surface area contributed by atoms with Crippen LogP contribution in [0.2, 0.25) is 0 Å². The Morgan fingerprint density at radius 2 is 1.68 bits per heavy atom. The number of anilines is 1. The molecule has 1 atom stereocenters. The van der Waals surface area contributed by atoms with Crippen molar-refractivity contribution in [1.29, 1.82) is 0 Å². The number of aliphatic hydroxyl groups is 1. The molecule has 1 fully saturated rings. The van der Waals surface area contributed by atoms with Gasteiger partial charge in [-0.3, -0.25) is 4.57 Å². The second-order valence-corrected chi connectivity index (χ2v) is 8.10. The Bertz CT molecular complexity index is 1220. The zero-order chi connectivity index (χ0) is 21.4. The lowest BCUT2D eigenvalue weighted by Crippen LogP contribution is -2.36. The summed E-state index contributed by atoms with van der Waals surface area (Å²) < 4.78 is 7.69. The minimum absolute atomic E-state index is 0.503. The van der Waals surface area contributed by atoms with Crippen molar-refractivity contribution in [3.63, 3.8) is 0 Å². The Balaban J connectivity index is 1.61. The van der Waals surface area contributed by atoms with Gasteiger partial charge in [-0.15, -0.1) is 0 Å². The highest BCUT2D eigenvalue weighted by Gasteiger charge is 2.18. The van der Waals surface area contributed by atoms with E-state index in [1.54, 1.807) is 6.92 Å². The van der Waals surface area contributed by atoms with Crippen LogP contribution < -0.4 is 4.90 Å². The van der Waals surface area contributed by atoms with Crippen molar-refractivity contribution < 1.29 is 9.84 Å². The molecule has 5 nitrogen and oxygen atoms in total. The number of aliphatic hydroxyl groups excluding tert-OH is 1. The molecule has 1 saturated heterocycles.